The molecular weight excluding hydrogens is 310 g/mol. The lowest BCUT2D eigenvalue weighted by Crippen LogP contribution is -2.44. The zero-order chi connectivity index (χ0) is 16.4. The number of nitrogens with two attached hydrogens (primary N) is 1. The summed E-state index contributed by atoms with van der Waals surface area (Å²) in [6, 6.07) is 5.71. The van der Waals surface area contributed by atoms with Crippen molar-refractivity contribution in [1.29, 1.82) is 0 Å². The Bertz CT molecular complexity index is 727. The molecule has 1 aliphatic rings. The average Bonchev–Trinajstić information content (AvgIpc) is 3.08. The van der Waals surface area contributed by atoms with Crippen molar-refractivity contribution in [2.75, 3.05) is 13.1 Å². The van der Waals surface area contributed by atoms with Crippen molar-refractivity contribution in [2.45, 2.75) is 19.8 Å². The molecule has 120 valence electrons. The van der Waals surface area contributed by atoms with Crippen LogP contribution in [0.3, 0.4) is 0 Å². The molecule has 1 atom stereocenters. The van der Waals surface area contributed by atoms with Gasteiger partial charge >= 0.3 is 0 Å². The highest BCUT2D eigenvalue weighted by atomic mass is 32.1. The first kappa shape index (κ1) is 15.7. The number of aromatic nitrogens is 1. The Balaban J connectivity index is 1.81. The number of carbonyl (C=O) groups is 2. The number of hydrogen-bond acceptors (Lipinski definition) is 4. The third-order valence-corrected chi connectivity index (χ3v) is 4.93. The minimum absolute atomic E-state index is 0.0715. The molecule has 0 bridgehead atoms. The molecule has 2 aromatic rings. The first-order valence-electron chi connectivity index (χ1n) is 7.65. The maximum absolute atomic E-state index is 12.7. The molecule has 0 radical (unpaired) electrons. The summed E-state index contributed by atoms with van der Waals surface area (Å²) < 4.78 is 0. The Hall–Kier alpha value is -2.21. The molecule has 2 aromatic heterocycles. The second-order valence-corrected chi connectivity index (χ2v) is 6.61. The summed E-state index contributed by atoms with van der Waals surface area (Å²) in [6.45, 7) is 2.91. The van der Waals surface area contributed by atoms with Gasteiger partial charge in [0.25, 0.3) is 5.91 Å². The number of carbonyl (C=O) groups excluding carboxylic acids is 2. The van der Waals surface area contributed by atoms with E-state index in [4.69, 9.17) is 5.73 Å². The standard InChI is InChI=1S/C17H19N3O2S/c1-11-14(4-5-15(19-11)13-6-8-23-10-13)17(22)20-7-2-3-12(9-20)16(18)21/h4-6,8,10,12H,2-3,7,9H2,1H3,(H2,18,21)/t12-/m0/s1. The maximum Gasteiger partial charge on any atom is 0.255 e. The van der Waals surface area contributed by atoms with Crippen molar-refractivity contribution in [3.63, 3.8) is 0 Å². The molecule has 2 amide bonds. The normalized spacial score (nSPS) is 18.0. The number of rotatable bonds is 3. The highest BCUT2D eigenvalue weighted by Crippen LogP contribution is 2.23. The van der Waals surface area contributed by atoms with Crippen molar-refractivity contribution < 1.29 is 9.59 Å². The van der Waals surface area contributed by atoms with Gasteiger partial charge in [0.2, 0.25) is 5.91 Å². The number of hydrogen-bond donors (Lipinski definition) is 1. The number of likely N-dealkylation sites (tertiary alicyclic amines) is 1. The lowest BCUT2D eigenvalue weighted by atomic mass is 9.96. The molecule has 1 fully saturated rings. The van der Waals surface area contributed by atoms with Crippen LogP contribution in [0.2, 0.25) is 0 Å². The van der Waals surface area contributed by atoms with Crippen molar-refractivity contribution in [3.05, 3.63) is 40.2 Å². The number of pyridine rings is 1. The van der Waals surface area contributed by atoms with Crippen LogP contribution in [-0.4, -0.2) is 34.8 Å². The predicted molar refractivity (Wildman–Crippen MR) is 90.1 cm³/mol. The Kier molecular flexibility index (Phi) is 4.43. The van der Waals surface area contributed by atoms with Crippen LogP contribution in [0.1, 0.15) is 28.9 Å². The van der Waals surface area contributed by atoms with E-state index in [0.717, 1.165) is 24.1 Å². The quantitative estimate of drug-likeness (QED) is 0.940. The van der Waals surface area contributed by atoms with Crippen LogP contribution in [0.25, 0.3) is 11.3 Å². The van der Waals surface area contributed by atoms with Crippen LogP contribution < -0.4 is 5.73 Å². The molecular formula is C17H19N3O2S. The lowest BCUT2D eigenvalue weighted by molar-refractivity contribution is -0.123. The smallest absolute Gasteiger partial charge is 0.255 e. The molecule has 6 heteroatoms. The number of nitrogens with zero attached hydrogens (tertiary/aromatic N) is 2. The molecule has 2 N–H and O–H groups in total. The van der Waals surface area contributed by atoms with E-state index in [0.29, 0.717) is 24.3 Å². The van der Waals surface area contributed by atoms with Gasteiger partial charge in [-0.25, -0.2) is 0 Å². The number of primary amides is 1. The second kappa shape index (κ2) is 6.50. The molecule has 0 aliphatic carbocycles. The molecule has 23 heavy (non-hydrogen) atoms. The highest BCUT2D eigenvalue weighted by molar-refractivity contribution is 7.08. The molecule has 0 spiro atoms. The summed E-state index contributed by atoms with van der Waals surface area (Å²) in [6.07, 6.45) is 1.56. The number of aryl methyl sites for hydroxylation is 1. The summed E-state index contributed by atoms with van der Waals surface area (Å²) in [5.41, 5.74) is 8.61. The fourth-order valence-electron chi connectivity index (χ4n) is 2.92. The zero-order valence-corrected chi connectivity index (χ0v) is 13.8. The van der Waals surface area contributed by atoms with Gasteiger partial charge in [-0.3, -0.25) is 14.6 Å². The van der Waals surface area contributed by atoms with Crippen LogP contribution >= 0.6 is 11.3 Å². The SMILES string of the molecule is Cc1nc(-c2ccsc2)ccc1C(=O)N1CCC[C@H](C(N)=O)C1. The predicted octanol–water partition coefficient (Wildman–Crippen LogP) is 2.46. The minimum Gasteiger partial charge on any atom is -0.369 e. The van der Waals surface area contributed by atoms with Gasteiger partial charge in [0, 0.05) is 24.0 Å². The van der Waals surface area contributed by atoms with Crippen molar-refractivity contribution >= 4 is 23.2 Å². The summed E-state index contributed by atoms with van der Waals surface area (Å²) in [4.78, 5) is 30.4. The van der Waals surface area contributed by atoms with E-state index in [9.17, 15) is 9.59 Å². The van der Waals surface area contributed by atoms with Gasteiger partial charge in [-0.15, -0.1) is 0 Å². The van der Waals surface area contributed by atoms with E-state index >= 15 is 0 Å². The van der Waals surface area contributed by atoms with E-state index in [2.05, 4.69) is 4.98 Å². The van der Waals surface area contributed by atoms with Crippen molar-refractivity contribution in [2.24, 2.45) is 11.7 Å². The van der Waals surface area contributed by atoms with Gasteiger partial charge in [-0.05, 0) is 43.3 Å². The molecule has 5 nitrogen and oxygen atoms in total. The van der Waals surface area contributed by atoms with Crippen molar-refractivity contribution in [1.82, 2.24) is 9.88 Å². The van der Waals surface area contributed by atoms with E-state index in [-0.39, 0.29) is 17.7 Å². The van der Waals surface area contributed by atoms with Crippen LogP contribution in [0.4, 0.5) is 0 Å². The largest absolute Gasteiger partial charge is 0.369 e. The molecule has 0 unspecified atom stereocenters. The Morgan fingerprint density at radius 2 is 2.17 bits per heavy atom. The van der Waals surface area contributed by atoms with Crippen molar-refractivity contribution in [3.8, 4) is 11.3 Å². The highest BCUT2D eigenvalue weighted by Gasteiger charge is 2.28. The second-order valence-electron chi connectivity index (χ2n) is 5.83. The average molecular weight is 329 g/mol. The molecule has 3 heterocycles. The number of thiophene rings is 1. The van der Waals surface area contributed by atoms with Crippen LogP contribution in [0, 0.1) is 12.8 Å². The van der Waals surface area contributed by atoms with E-state index in [1.807, 2.05) is 35.9 Å². The molecule has 1 saturated heterocycles. The van der Waals surface area contributed by atoms with Crippen LogP contribution in [0.15, 0.2) is 29.0 Å². The maximum atomic E-state index is 12.7. The Labute approximate surface area is 139 Å². The number of piperidine rings is 1. The van der Waals surface area contributed by atoms with E-state index in [1.165, 1.54) is 0 Å². The van der Waals surface area contributed by atoms with Gasteiger partial charge in [0.15, 0.2) is 0 Å². The monoisotopic (exact) mass is 329 g/mol. The first-order valence-corrected chi connectivity index (χ1v) is 8.59. The molecule has 3 rings (SSSR count). The van der Waals surface area contributed by atoms with Gasteiger partial charge in [-0.1, -0.05) is 0 Å². The molecule has 0 saturated carbocycles. The lowest BCUT2D eigenvalue weighted by Gasteiger charge is -2.31. The van der Waals surface area contributed by atoms with E-state index in [1.54, 1.807) is 16.2 Å². The minimum atomic E-state index is -0.329. The summed E-state index contributed by atoms with van der Waals surface area (Å²) >= 11 is 1.62. The van der Waals surface area contributed by atoms with Gasteiger partial charge in [0.1, 0.15) is 0 Å². The van der Waals surface area contributed by atoms with Gasteiger partial charge < -0.3 is 10.6 Å². The first-order chi connectivity index (χ1) is 11.1. The third-order valence-electron chi connectivity index (χ3n) is 4.24. The molecule has 0 aromatic carbocycles. The fraction of sp³-hybridized carbons (Fsp3) is 0.353. The summed E-state index contributed by atoms with van der Waals surface area (Å²) in [5.74, 6) is -0.644. The number of amides is 2. The topological polar surface area (TPSA) is 76.3 Å². The van der Waals surface area contributed by atoms with Gasteiger partial charge in [0.05, 0.1) is 22.9 Å². The Morgan fingerprint density at radius 1 is 1.35 bits per heavy atom. The summed E-state index contributed by atoms with van der Waals surface area (Å²) in [7, 11) is 0. The molecule has 1 aliphatic heterocycles. The summed E-state index contributed by atoms with van der Waals surface area (Å²) in [5, 5.41) is 4.04. The zero-order valence-electron chi connectivity index (χ0n) is 13.0. The Morgan fingerprint density at radius 3 is 2.83 bits per heavy atom. The van der Waals surface area contributed by atoms with Crippen LogP contribution in [0.5, 0.6) is 0 Å². The van der Waals surface area contributed by atoms with E-state index < -0.39 is 0 Å². The fourth-order valence-corrected chi connectivity index (χ4v) is 3.57. The third kappa shape index (κ3) is 3.27. The van der Waals surface area contributed by atoms with Crippen LogP contribution in [-0.2, 0) is 4.79 Å². The van der Waals surface area contributed by atoms with Gasteiger partial charge in [-0.2, -0.15) is 11.3 Å².